The van der Waals surface area contributed by atoms with Gasteiger partial charge < -0.3 is 21.5 Å². The second kappa shape index (κ2) is 9.62. The van der Waals surface area contributed by atoms with E-state index in [0.29, 0.717) is 12.2 Å². The molecule has 0 aromatic heterocycles. The van der Waals surface area contributed by atoms with E-state index in [1.807, 2.05) is 20.1 Å². The van der Waals surface area contributed by atoms with Crippen LogP contribution in [0.5, 0.6) is 0 Å². The smallest absolute Gasteiger partial charge is 0.325 e. The van der Waals surface area contributed by atoms with Crippen molar-refractivity contribution in [3.8, 4) is 0 Å². The number of carbonyl (C=O) groups is 3. The zero-order valence-corrected chi connectivity index (χ0v) is 13.7. The Morgan fingerprint density at radius 2 is 1.71 bits per heavy atom. The largest absolute Gasteiger partial charge is 0.480 e. The van der Waals surface area contributed by atoms with E-state index in [9.17, 15) is 14.4 Å². The maximum atomic E-state index is 12.1. The van der Waals surface area contributed by atoms with Gasteiger partial charge >= 0.3 is 5.97 Å². The maximum Gasteiger partial charge on any atom is 0.325 e. The molecule has 2 amide bonds. The van der Waals surface area contributed by atoms with Gasteiger partial charge in [0.15, 0.2) is 0 Å². The van der Waals surface area contributed by atoms with E-state index in [1.165, 1.54) is 18.7 Å². The zero-order valence-electron chi connectivity index (χ0n) is 12.9. The molecule has 0 spiro atoms. The molecule has 8 heteroatoms. The van der Waals surface area contributed by atoms with Gasteiger partial charge in [-0.25, -0.2) is 0 Å². The molecule has 0 saturated heterocycles. The Morgan fingerprint density at radius 1 is 1.14 bits per heavy atom. The summed E-state index contributed by atoms with van der Waals surface area (Å²) in [6.45, 7) is 5.00. The molecule has 0 saturated carbocycles. The van der Waals surface area contributed by atoms with Crippen molar-refractivity contribution < 1.29 is 19.5 Å². The molecule has 0 aliphatic heterocycles. The highest BCUT2D eigenvalue weighted by molar-refractivity contribution is 7.98. The van der Waals surface area contributed by atoms with Crippen molar-refractivity contribution in [3.05, 3.63) is 0 Å². The number of carboxylic acids is 1. The Kier molecular flexibility index (Phi) is 9.03. The van der Waals surface area contributed by atoms with Crippen molar-refractivity contribution in [2.75, 3.05) is 12.0 Å². The van der Waals surface area contributed by atoms with Crippen LogP contribution >= 0.6 is 11.8 Å². The third-order valence-electron chi connectivity index (χ3n) is 2.99. The third kappa shape index (κ3) is 7.33. The second-order valence-electron chi connectivity index (χ2n) is 5.18. The molecule has 7 nitrogen and oxygen atoms in total. The van der Waals surface area contributed by atoms with Gasteiger partial charge in [0.05, 0.1) is 6.04 Å². The average molecular weight is 319 g/mol. The topological polar surface area (TPSA) is 122 Å². The zero-order chi connectivity index (χ0) is 16.6. The quantitative estimate of drug-likeness (QED) is 0.467. The van der Waals surface area contributed by atoms with Crippen LogP contribution in [0.2, 0.25) is 0 Å². The Balaban J connectivity index is 4.74. The summed E-state index contributed by atoms with van der Waals surface area (Å²) in [6, 6.07) is -2.49. The van der Waals surface area contributed by atoms with Gasteiger partial charge in [-0.15, -0.1) is 0 Å². The number of rotatable bonds is 9. The summed E-state index contributed by atoms with van der Waals surface area (Å²) in [6.07, 6.45) is 2.30. The van der Waals surface area contributed by atoms with Crippen molar-refractivity contribution >= 4 is 29.5 Å². The third-order valence-corrected chi connectivity index (χ3v) is 3.64. The van der Waals surface area contributed by atoms with Crippen molar-refractivity contribution in [2.45, 2.75) is 45.3 Å². The number of carbonyl (C=O) groups excluding carboxylic acids is 2. The monoisotopic (exact) mass is 319 g/mol. The first-order chi connectivity index (χ1) is 9.70. The van der Waals surface area contributed by atoms with Crippen molar-refractivity contribution in [3.63, 3.8) is 0 Å². The molecule has 0 rings (SSSR count). The molecular formula is C13H25N3O4S. The Bertz CT molecular complexity index is 376. The number of nitrogens with two attached hydrogens (primary N) is 1. The lowest BCUT2D eigenvalue weighted by atomic mass is 10.0. The van der Waals surface area contributed by atoms with Crippen LogP contribution < -0.4 is 16.4 Å². The summed E-state index contributed by atoms with van der Waals surface area (Å²) < 4.78 is 0. The van der Waals surface area contributed by atoms with Crippen LogP contribution in [0.25, 0.3) is 0 Å². The molecule has 5 N–H and O–H groups in total. The van der Waals surface area contributed by atoms with E-state index in [2.05, 4.69) is 10.6 Å². The number of aliphatic carboxylic acids is 1. The molecule has 0 fully saturated rings. The molecule has 0 heterocycles. The Hall–Kier alpha value is -1.28. The summed E-state index contributed by atoms with van der Waals surface area (Å²) in [5.74, 6) is -1.43. The normalized spacial score (nSPS) is 15.1. The Labute approximate surface area is 129 Å². The summed E-state index contributed by atoms with van der Waals surface area (Å²) in [5.41, 5.74) is 5.74. The number of thioether (sulfide) groups is 1. The van der Waals surface area contributed by atoms with Gasteiger partial charge in [0.25, 0.3) is 0 Å². The lowest BCUT2D eigenvalue weighted by Gasteiger charge is -2.22. The van der Waals surface area contributed by atoms with E-state index in [1.54, 1.807) is 0 Å². The molecule has 3 unspecified atom stereocenters. The van der Waals surface area contributed by atoms with E-state index < -0.39 is 35.9 Å². The van der Waals surface area contributed by atoms with Crippen molar-refractivity contribution in [2.24, 2.45) is 11.7 Å². The van der Waals surface area contributed by atoms with E-state index >= 15 is 0 Å². The van der Waals surface area contributed by atoms with Gasteiger partial charge in [0, 0.05) is 0 Å². The molecule has 0 bridgehead atoms. The van der Waals surface area contributed by atoms with Gasteiger partial charge in [0.2, 0.25) is 11.8 Å². The lowest BCUT2D eigenvalue weighted by molar-refractivity contribution is -0.141. The summed E-state index contributed by atoms with van der Waals surface area (Å²) in [7, 11) is 0. The Morgan fingerprint density at radius 3 is 2.14 bits per heavy atom. The van der Waals surface area contributed by atoms with Crippen LogP contribution in [-0.4, -0.2) is 53.0 Å². The van der Waals surface area contributed by atoms with Crippen LogP contribution in [0, 0.1) is 5.92 Å². The predicted molar refractivity (Wildman–Crippen MR) is 83.0 cm³/mol. The van der Waals surface area contributed by atoms with E-state index in [4.69, 9.17) is 10.8 Å². The fourth-order valence-corrected chi connectivity index (χ4v) is 1.92. The highest BCUT2D eigenvalue weighted by Gasteiger charge is 2.26. The van der Waals surface area contributed by atoms with Crippen LogP contribution in [-0.2, 0) is 14.4 Å². The molecule has 0 aliphatic rings. The van der Waals surface area contributed by atoms with Crippen molar-refractivity contribution in [1.29, 1.82) is 0 Å². The molecule has 21 heavy (non-hydrogen) atoms. The highest BCUT2D eigenvalue weighted by Crippen LogP contribution is 2.04. The van der Waals surface area contributed by atoms with Crippen LogP contribution in [0.4, 0.5) is 0 Å². The summed E-state index contributed by atoms with van der Waals surface area (Å²) in [5, 5.41) is 13.8. The molecule has 0 radical (unpaired) electrons. The summed E-state index contributed by atoms with van der Waals surface area (Å²) >= 11 is 1.54. The number of carboxylic acid groups (broad SMARTS) is 1. The summed E-state index contributed by atoms with van der Waals surface area (Å²) in [4.78, 5) is 34.8. The van der Waals surface area contributed by atoms with Gasteiger partial charge in [-0.05, 0) is 31.3 Å². The number of nitrogens with one attached hydrogen (secondary N) is 2. The second-order valence-corrected chi connectivity index (χ2v) is 6.17. The predicted octanol–water partition coefficient (Wildman–Crippen LogP) is -0.203. The van der Waals surface area contributed by atoms with Gasteiger partial charge in [-0.2, -0.15) is 11.8 Å². The number of hydrogen-bond acceptors (Lipinski definition) is 5. The minimum Gasteiger partial charge on any atom is -0.480 e. The molecule has 0 aromatic carbocycles. The molecule has 122 valence electrons. The van der Waals surface area contributed by atoms with Gasteiger partial charge in [-0.3, -0.25) is 14.4 Å². The fraction of sp³-hybridized carbons (Fsp3) is 0.769. The molecule has 0 aromatic rings. The molecule has 3 atom stereocenters. The number of amides is 2. The first-order valence-electron chi connectivity index (χ1n) is 6.78. The SMILES string of the molecule is CSCCC(NC(=O)C(N)C(C)C)C(=O)NC(C)C(=O)O. The molecular weight excluding hydrogens is 294 g/mol. The first-order valence-corrected chi connectivity index (χ1v) is 8.18. The standard InChI is InChI=1S/C13H25N3O4S/c1-7(2)10(14)12(18)16-9(5-6-21-4)11(17)15-8(3)13(19)20/h7-10H,5-6,14H2,1-4H3,(H,15,17)(H,16,18)(H,19,20). The minimum atomic E-state index is -1.13. The van der Waals surface area contributed by atoms with Gasteiger partial charge in [-0.1, -0.05) is 13.8 Å². The van der Waals surface area contributed by atoms with Gasteiger partial charge in [0.1, 0.15) is 12.1 Å². The van der Waals surface area contributed by atoms with E-state index in [0.717, 1.165) is 0 Å². The highest BCUT2D eigenvalue weighted by atomic mass is 32.2. The average Bonchev–Trinajstić information content (AvgIpc) is 2.41. The lowest BCUT2D eigenvalue weighted by Crippen LogP contribution is -2.55. The molecule has 0 aliphatic carbocycles. The fourth-order valence-electron chi connectivity index (χ4n) is 1.45. The van der Waals surface area contributed by atoms with Crippen LogP contribution in [0.15, 0.2) is 0 Å². The minimum absolute atomic E-state index is 0.0489. The van der Waals surface area contributed by atoms with E-state index in [-0.39, 0.29) is 5.92 Å². The number of hydrogen-bond donors (Lipinski definition) is 4. The van der Waals surface area contributed by atoms with Crippen LogP contribution in [0.3, 0.4) is 0 Å². The first kappa shape index (κ1) is 19.7. The maximum absolute atomic E-state index is 12.1. The van der Waals surface area contributed by atoms with Crippen molar-refractivity contribution in [1.82, 2.24) is 10.6 Å². The van der Waals surface area contributed by atoms with Crippen LogP contribution in [0.1, 0.15) is 27.2 Å².